The highest BCUT2D eigenvalue weighted by atomic mass is 32.2. The summed E-state index contributed by atoms with van der Waals surface area (Å²) < 4.78 is 42.4. The van der Waals surface area contributed by atoms with Gasteiger partial charge in [-0.1, -0.05) is 61.4 Å². The molecule has 2 aliphatic heterocycles. The smallest absolute Gasteiger partial charge is 0.408 e. The fourth-order valence-corrected chi connectivity index (χ4v) is 11.8. The molecule has 0 unspecified atom stereocenters. The van der Waals surface area contributed by atoms with Gasteiger partial charge in [-0.2, -0.15) is 4.98 Å². The molecular formula is C48H59N7O8S2. The number of allylic oxidation sites excluding steroid dienone is 1. The number of thiazole rings is 1. The van der Waals surface area contributed by atoms with Gasteiger partial charge < -0.3 is 25.0 Å². The normalized spacial score (nSPS) is 26.4. The Balaban J connectivity index is 1.02. The van der Waals surface area contributed by atoms with Crippen LogP contribution in [0.4, 0.5) is 4.79 Å². The van der Waals surface area contributed by atoms with Crippen molar-refractivity contribution in [2.45, 2.75) is 151 Å². The maximum atomic E-state index is 14.8. The van der Waals surface area contributed by atoms with Crippen molar-refractivity contribution in [1.82, 2.24) is 34.8 Å². The average molecular weight is 926 g/mol. The van der Waals surface area contributed by atoms with E-state index in [0.29, 0.717) is 50.1 Å². The molecular weight excluding hydrogens is 867 g/mol. The third-order valence-electron chi connectivity index (χ3n) is 13.8. The highest BCUT2D eigenvalue weighted by Gasteiger charge is 2.63. The standard InChI is InChI=1S/C48H59N7O8S2/c1-30(2)55-38-22-14-20-36(42-49-33(29-64-42)25-31-15-8-7-9-16-31)40(38)51-45(55)62-35-26-39-41(56)52-48(44(58)53-65(60,61)47(3)23-24-47)27-32(48)17-10-5-4-6-11-21-37(43(57)54(39)28-35)50-46(59)63-34-18-12-13-19-34/h7-10,14-17,20,22,29-30,32,34-35,37,39H,4-6,11-13,18-19,21,23-28H2,1-3H3,(H,50,59)(H,52,56)(H,53,58)/b17-10-/t32-,35-,37+,39+,48-/m1/s1. The number of para-hydroxylation sites is 1. The van der Waals surface area contributed by atoms with E-state index in [1.165, 1.54) is 10.5 Å². The van der Waals surface area contributed by atoms with Gasteiger partial charge in [0.15, 0.2) is 0 Å². The number of imidazole rings is 1. The van der Waals surface area contributed by atoms with Crippen LogP contribution in [0.1, 0.15) is 122 Å². The molecule has 0 spiro atoms. The molecule has 3 saturated carbocycles. The largest absolute Gasteiger partial charge is 0.459 e. The first-order chi connectivity index (χ1) is 31.2. The first-order valence-electron chi connectivity index (χ1n) is 23.2. The monoisotopic (exact) mass is 925 g/mol. The van der Waals surface area contributed by atoms with E-state index in [2.05, 4.69) is 32.9 Å². The minimum Gasteiger partial charge on any atom is -0.459 e. The number of carbonyl (C=O) groups is 4. The first-order valence-corrected chi connectivity index (χ1v) is 25.6. The quantitative estimate of drug-likeness (QED) is 0.131. The third-order valence-corrected chi connectivity index (χ3v) is 16.9. The molecule has 1 saturated heterocycles. The fourth-order valence-electron chi connectivity index (χ4n) is 9.60. The highest BCUT2D eigenvalue weighted by Crippen LogP contribution is 2.48. The third kappa shape index (κ3) is 9.40. The maximum Gasteiger partial charge on any atom is 0.408 e. The second-order valence-electron chi connectivity index (χ2n) is 19.1. The van der Waals surface area contributed by atoms with E-state index < -0.39 is 68.2 Å². The Kier molecular flexibility index (Phi) is 12.6. The number of nitrogens with zero attached hydrogens (tertiary/aromatic N) is 4. The number of amides is 4. The minimum absolute atomic E-state index is 0.00841. The highest BCUT2D eigenvalue weighted by molar-refractivity contribution is 7.91. The molecule has 0 radical (unpaired) electrons. The predicted molar refractivity (Wildman–Crippen MR) is 247 cm³/mol. The van der Waals surface area contributed by atoms with Crippen LogP contribution in [0.3, 0.4) is 0 Å². The number of sulfonamides is 1. The molecule has 17 heteroatoms. The summed E-state index contributed by atoms with van der Waals surface area (Å²) in [5, 5.41) is 8.70. The summed E-state index contributed by atoms with van der Waals surface area (Å²) in [6, 6.07) is 14.3. The number of rotatable bonds is 11. The molecule has 15 nitrogen and oxygen atoms in total. The average Bonchev–Trinajstić information content (AvgIpc) is 3.75. The molecule has 5 atom stereocenters. The molecule has 2 aromatic heterocycles. The van der Waals surface area contributed by atoms with E-state index in [4.69, 9.17) is 19.4 Å². The Morgan fingerprint density at radius 2 is 1.74 bits per heavy atom. The summed E-state index contributed by atoms with van der Waals surface area (Å²) in [5.74, 6) is -2.30. The molecule has 4 heterocycles. The van der Waals surface area contributed by atoms with Gasteiger partial charge in [0.05, 0.1) is 22.5 Å². The maximum absolute atomic E-state index is 14.8. The van der Waals surface area contributed by atoms with Gasteiger partial charge in [-0.25, -0.2) is 18.2 Å². The van der Waals surface area contributed by atoms with Gasteiger partial charge in [0, 0.05) is 35.7 Å². The molecule has 9 rings (SSSR count). The topological polar surface area (TPSA) is 191 Å². The Labute approximate surface area is 384 Å². The summed E-state index contributed by atoms with van der Waals surface area (Å²) in [6.45, 7) is 5.66. The summed E-state index contributed by atoms with van der Waals surface area (Å²) in [6.07, 6.45) is 10.8. The lowest BCUT2D eigenvalue weighted by molar-refractivity contribution is -0.141. The molecule has 4 amide bonds. The van der Waals surface area contributed by atoms with Gasteiger partial charge in [0.2, 0.25) is 21.8 Å². The molecule has 2 aromatic carbocycles. The van der Waals surface area contributed by atoms with Crippen LogP contribution in [0.2, 0.25) is 0 Å². The Morgan fingerprint density at radius 1 is 0.969 bits per heavy atom. The van der Waals surface area contributed by atoms with E-state index in [-0.39, 0.29) is 31.5 Å². The molecule has 3 N–H and O–H groups in total. The Morgan fingerprint density at radius 3 is 2.49 bits per heavy atom. The number of hydrogen-bond acceptors (Lipinski definition) is 11. The number of alkyl carbamates (subject to hydrolysis) is 1. The number of nitrogens with one attached hydrogen (secondary N) is 3. The van der Waals surface area contributed by atoms with Gasteiger partial charge in [-0.05, 0) is 103 Å². The van der Waals surface area contributed by atoms with Gasteiger partial charge in [-0.3, -0.25) is 23.7 Å². The summed E-state index contributed by atoms with van der Waals surface area (Å²) in [4.78, 5) is 68.5. The molecule has 65 heavy (non-hydrogen) atoms. The van der Waals surface area contributed by atoms with Crippen molar-refractivity contribution in [3.8, 4) is 16.6 Å². The molecule has 3 aliphatic carbocycles. The van der Waals surface area contributed by atoms with E-state index >= 15 is 0 Å². The van der Waals surface area contributed by atoms with Crippen LogP contribution < -0.4 is 20.1 Å². The van der Waals surface area contributed by atoms with E-state index in [0.717, 1.165) is 60.3 Å². The first kappa shape index (κ1) is 44.9. The van der Waals surface area contributed by atoms with E-state index in [1.807, 2.05) is 67.0 Å². The lowest BCUT2D eigenvalue weighted by atomic mass is 10.0. The van der Waals surface area contributed by atoms with E-state index in [9.17, 15) is 27.6 Å². The van der Waals surface area contributed by atoms with Crippen LogP contribution in [0.15, 0.2) is 66.1 Å². The van der Waals surface area contributed by atoms with Gasteiger partial charge in [-0.15, -0.1) is 11.3 Å². The number of benzene rings is 2. The van der Waals surface area contributed by atoms with Gasteiger partial charge >= 0.3 is 6.09 Å². The summed E-state index contributed by atoms with van der Waals surface area (Å²) in [7, 11) is -4.01. The zero-order valence-electron chi connectivity index (χ0n) is 37.3. The number of fused-ring (bicyclic) bond motifs is 3. The van der Waals surface area contributed by atoms with Crippen LogP contribution in [-0.4, -0.2) is 92.8 Å². The molecule has 4 aromatic rings. The number of ether oxygens (including phenoxy) is 2. The lowest BCUT2D eigenvalue weighted by Gasteiger charge is -2.30. The van der Waals surface area contributed by atoms with Crippen molar-refractivity contribution in [2.24, 2.45) is 5.92 Å². The Hall–Kier alpha value is -5.29. The summed E-state index contributed by atoms with van der Waals surface area (Å²) >= 11 is 1.55. The van der Waals surface area contributed by atoms with E-state index in [1.54, 1.807) is 18.3 Å². The molecule has 4 fully saturated rings. The minimum atomic E-state index is -4.01. The van der Waals surface area contributed by atoms with Crippen molar-refractivity contribution in [3.05, 3.63) is 77.3 Å². The Bertz CT molecular complexity index is 2580. The van der Waals surface area contributed by atoms with Crippen molar-refractivity contribution in [1.29, 1.82) is 0 Å². The van der Waals surface area contributed by atoms with Crippen molar-refractivity contribution >= 4 is 56.2 Å². The van der Waals surface area contributed by atoms with Crippen LogP contribution in [0, 0.1) is 5.92 Å². The predicted octanol–water partition coefficient (Wildman–Crippen LogP) is 7.11. The lowest BCUT2D eigenvalue weighted by Crippen LogP contribution is -2.58. The molecule has 5 aliphatic rings. The zero-order valence-corrected chi connectivity index (χ0v) is 38.9. The van der Waals surface area contributed by atoms with Crippen LogP contribution in [0.5, 0.6) is 6.01 Å². The second-order valence-corrected chi connectivity index (χ2v) is 22.1. The number of carbonyl (C=O) groups excluding carboxylic acids is 4. The van der Waals surface area contributed by atoms with Crippen molar-refractivity contribution in [3.63, 3.8) is 0 Å². The fraction of sp³-hybridized carbons (Fsp3) is 0.542. The van der Waals surface area contributed by atoms with Gasteiger partial charge in [0.1, 0.15) is 40.4 Å². The van der Waals surface area contributed by atoms with Crippen LogP contribution in [-0.2, 0) is 35.6 Å². The molecule has 0 bridgehead atoms. The SMILES string of the molecule is CC(C)n1c(O[C@@H]2C[C@H]3C(=O)N[C@]4(C(=O)NS(=O)(=O)C5(C)CC5)C[C@H]4/C=C\CCCCC[C@H](NC(=O)OC4CCCC4)C(=O)N3C2)nc2c(-c3nc(Cc4ccccc4)cs3)cccc21. The van der Waals surface area contributed by atoms with Crippen LogP contribution in [0.25, 0.3) is 21.6 Å². The second kappa shape index (κ2) is 18.2. The number of hydrogen-bond donors (Lipinski definition) is 3. The number of aromatic nitrogens is 3. The van der Waals surface area contributed by atoms with Crippen molar-refractivity contribution < 1.29 is 37.1 Å². The van der Waals surface area contributed by atoms with Gasteiger partial charge in [0.25, 0.3) is 11.9 Å². The van der Waals surface area contributed by atoms with Crippen molar-refractivity contribution in [2.75, 3.05) is 6.54 Å². The molecule has 346 valence electrons. The van der Waals surface area contributed by atoms with Crippen LogP contribution >= 0.6 is 11.3 Å². The summed E-state index contributed by atoms with van der Waals surface area (Å²) in [5.41, 5.74) is 3.01. The zero-order chi connectivity index (χ0) is 45.5.